The molecule has 114 valence electrons. The van der Waals surface area contributed by atoms with Gasteiger partial charge in [-0.15, -0.1) is 5.10 Å². The van der Waals surface area contributed by atoms with E-state index in [1.54, 1.807) is 7.05 Å². The van der Waals surface area contributed by atoms with E-state index in [1.807, 2.05) is 0 Å². The fraction of sp³-hybridized carbons (Fsp3) is 0.800. The van der Waals surface area contributed by atoms with Gasteiger partial charge in [-0.1, -0.05) is 5.21 Å². The first kappa shape index (κ1) is 15.8. The quantitative estimate of drug-likeness (QED) is 0.727. The average molecular weight is 367 g/mol. The maximum Gasteiger partial charge on any atom is 0.260 e. The number of piperazine rings is 1. The van der Waals surface area contributed by atoms with E-state index >= 15 is 0 Å². The van der Waals surface area contributed by atoms with Crippen LogP contribution in [-0.4, -0.2) is 79.5 Å². The monoisotopic (exact) mass is 366 g/mol. The Labute approximate surface area is 127 Å². The van der Waals surface area contributed by atoms with E-state index in [0.29, 0.717) is 13.1 Å². The molecule has 0 radical (unpaired) electrons. The third kappa shape index (κ3) is 3.76. The van der Waals surface area contributed by atoms with Gasteiger partial charge >= 0.3 is 0 Å². The summed E-state index contributed by atoms with van der Waals surface area (Å²) in [4.78, 5) is 4.51. The summed E-state index contributed by atoms with van der Waals surface area (Å²) in [5.74, 6) is 0. The molecule has 1 N–H and O–H groups in total. The van der Waals surface area contributed by atoms with Gasteiger partial charge in [-0.25, -0.2) is 17.8 Å². The highest BCUT2D eigenvalue weighted by Crippen LogP contribution is 2.17. The fourth-order valence-corrected chi connectivity index (χ4v) is 4.20. The van der Waals surface area contributed by atoms with Crippen LogP contribution < -0.4 is 4.72 Å². The van der Waals surface area contributed by atoms with Crippen molar-refractivity contribution in [2.75, 3.05) is 46.3 Å². The predicted molar refractivity (Wildman–Crippen MR) is 77.8 cm³/mol. The van der Waals surface area contributed by atoms with Gasteiger partial charge in [-0.2, -0.15) is 0 Å². The summed E-state index contributed by atoms with van der Waals surface area (Å²) in [7, 11) is 0.0528. The smallest absolute Gasteiger partial charge is 0.260 e. The largest absolute Gasteiger partial charge is 0.304 e. The van der Waals surface area contributed by atoms with E-state index in [0.717, 1.165) is 26.2 Å². The highest BCUT2D eigenvalue weighted by Gasteiger charge is 2.23. The Bertz CT molecular complexity index is 533. The molecule has 0 bridgehead atoms. The van der Waals surface area contributed by atoms with E-state index in [9.17, 15) is 8.42 Å². The Morgan fingerprint density at radius 2 is 1.90 bits per heavy atom. The molecule has 0 aliphatic carbocycles. The molecule has 1 aromatic heterocycles. The molecule has 1 aromatic rings. The number of likely N-dealkylation sites (N-methyl/N-ethyl adjacent to an activating group) is 1. The normalized spacial score (nSPS) is 18.6. The predicted octanol–water partition coefficient (Wildman–Crippen LogP) is -0.897. The van der Waals surface area contributed by atoms with Gasteiger partial charge in [-0.3, -0.25) is 4.90 Å². The molecule has 0 unspecified atom stereocenters. The van der Waals surface area contributed by atoms with Crippen LogP contribution in [-0.2, 0) is 17.1 Å². The molecule has 0 atom stereocenters. The van der Waals surface area contributed by atoms with Gasteiger partial charge in [0, 0.05) is 46.3 Å². The molecule has 2 rings (SSSR count). The Kier molecular flexibility index (Phi) is 5.13. The molecule has 0 aromatic carbocycles. The van der Waals surface area contributed by atoms with Crippen molar-refractivity contribution in [3.63, 3.8) is 0 Å². The van der Waals surface area contributed by atoms with Crippen molar-refractivity contribution in [1.82, 2.24) is 29.5 Å². The second-order valence-electron chi connectivity index (χ2n) is 4.85. The van der Waals surface area contributed by atoms with Crippen LogP contribution in [0.2, 0.25) is 0 Å². The van der Waals surface area contributed by atoms with Gasteiger partial charge in [-0.05, 0) is 23.0 Å². The van der Waals surface area contributed by atoms with Gasteiger partial charge in [0.05, 0.1) is 0 Å². The van der Waals surface area contributed by atoms with E-state index in [2.05, 4.69) is 47.8 Å². The molecule has 8 nitrogen and oxygen atoms in total. The second kappa shape index (κ2) is 6.48. The van der Waals surface area contributed by atoms with Crippen LogP contribution in [0.25, 0.3) is 0 Å². The molecule has 1 fully saturated rings. The number of rotatable bonds is 5. The lowest BCUT2D eigenvalue weighted by Crippen LogP contribution is -2.47. The molecule has 0 saturated carbocycles. The number of hydrogen-bond acceptors (Lipinski definition) is 6. The highest BCUT2D eigenvalue weighted by atomic mass is 79.9. The van der Waals surface area contributed by atoms with Crippen molar-refractivity contribution in [3.8, 4) is 0 Å². The first-order valence-electron chi connectivity index (χ1n) is 6.36. The van der Waals surface area contributed by atoms with E-state index in [1.165, 1.54) is 4.68 Å². The summed E-state index contributed by atoms with van der Waals surface area (Å²) in [6.45, 7) is 5.05. The number of nitrogens with zero attached hydrogens (tertiary/aromatic N) is 5. The fourth-order valence-electron chi connectivity index (χ4n) is 2.09. The topological polar surface area (TPSA) is 83.4 Å². The number of sulfonamides is 1. The molecular formula is C10H19BrN6O2S. The number of halogens is 1. The lowest BCUT2D eigenvalue weighted by molar-refractivity contribution is 0.156. The van der Waals surface area contributed by atoms with Crippen LogP contribution >= 0.6 is 15.9 Å². The van der Waals surface area contributed by atoms with Gasteiger partial charge < -0.3 is 4.90 Å². The van der Waals surface area contributed by atoms with Gasteiger partial charge in [0.25, 0.3) is 10.0 Å². The zero-order chi connectivity index (χ0) is 14.8. The Morgan fingerprint density at radius 1 is 1.25 bits per heavy atom. The summed E-state index contributed by atoms with van der Waals surface area (Å²) in [6.07, 6.45) is 0. The SMILES string of the molecule is CN1CCN(CCNS(=O)(=O)c2c(Br)nnn2C)CC1. The van der Waals surface area contributed by atoms with Crippen LogP contribution in [0.1, 0.15) is 0 Å². The van der Waals surface area contributed by atoms with Crippen LogP contribution in [0.15, 0.2) is 9.63 Å². The van der Waals surface area contributed by atoms with Crippen LogP contribution in [0, 0.1) is 0 Å². The summed E-state index contributed by atoms with van der Waals surface area (Å²) in [6, 6.07) is 0. The average Bonchev–Trinajstić information content (AvgIpc) is 2.72. The van der Waals surface area contributed by atoms with Crippen molar-refractivity contribution in [1.29, 1.82) is 0 Å². The standard InChI is InChI=1S/C10H19BrN6O2S/c1-15-5-7-17(8-6-15)4-3-12-20(18,19)10-9(11)13-14-16(10)2/h12H,3-8H2,1-2H3. The first-order valence-corrected chi connectivity index (χ1v) is 8.63. The molecule has 20 heavy (non-hydrogen) atoms. The lowest BCUT2D eigenvalue weighted by atomic mass is 10.3. The van der Waals surface area contributed by atoms with Crippen molar-refractivity contribution in [3.05, 3.63) is 4.60 Å². The third-order valence-corrected chi connectivity index (χ3v) is 5.66. The Hall–Kier alpha value is -0.550. The molecular weight excluding hydrogens is 348 g/mol. The molecule has 0 amide bonds. The lowest BCUT2D eigenvalue weighted by Gasteiger charge is -2.32. The third-order valence-electron chi connectivity index (χ3n) is 3.31. The molecule has 0 spiro atoms. The van der Waals surface area contributed by atoms with Gasteiger partial charge in [0.15, 0.2) is 4.60 Å². The molecule has 1 aliphatic heterocycles. The molecule has 10 heteroatoms. The molecule has 1 aliphatic rings. The first-order chi connectivity index (χ1) is 9.40. The zero-order valence-electron chi connectivity index (χ0n) is 11.6. The summed E-state index contributed by atoms with van der Waals surface area (Å²) in [5.41, 5.74) is 0. The van der Waals surface area contributed by atoms with E-state index < -0.39 is 10.0 Å². The summed E-state index contributed by atoms with van der Waals surface area (Å²) < 4.78 is 28.4. The Morgan fingerprint density at radius 3 is 2.45 bits per heavy atom. The summed E-state index contributed by atoms with van der Waals surface area (Å²) in [5, 5.41) is 7.41. The maximum absolute atomic E-state index is 12.2. The Balaban J connectivity index is 1.87. The van der Waals surface area contributed by atoms with E-state index in [4.69, 9.17) is 0 Å². The van der Waals surface area contributed by atoms with Crippen molar-refractivity contribution in [2.24, 2.45) is 7.05 Å². The zero-order valence-corrected chi connectivity index (χ0v) is 14.0. The number of aryl methyl sites for hydroxylation is 1. The molecule has 1 saturated heterocycles. The second-order valence-corrected chi connectivity index (χ2v) is 7.29. The summed E-state index contributed by atoms with van der Waals surface area (Å²) >= 11 is 3.10. The minimum absolute atomic E-state index is 0.0517. The number of hydrogen-bond donors (Lipinski definition) is 1. The van der Waals surface area contributed by atoms with Crippen molar-refractivity contribution >= 4 is 26.0 Å². The minimum Gasteiger partial charge on any atom is -0.304 e. The molecule has 2 heterocycles. The van der Waals surface area contributed by atoms with Gasteiger partial charge in [0.2, 0.25) is 5.03 Å². The number of nitrogens with one attached hydrogen (secondary N) is 1. The number of aromatic nitrogens is 3. The van der Waals surface area contributed by atoms with Crippen molar-refractivity contribution in [2.45, 2.75) is 5.03 Å². The van der Waals surface area contributed by atoms with Crippen LogP contribution in [0.3, 0.4) is 0 Å². The minimum atomic E-state index is -3.59. The van der Waals surface area contributed by atoms with Crippen LogP contribution in [0.4, 0.5) is 0 Å². The van der Waals surface area contributed by atoms with Crippen LogP contribution in [0.5, 0.6) is 0 Å². The highest BCUT2D eigenvalue weighted by molar-refractivity contribution is 9.10. The maximum atomic E-state index is 12.2. The van der Waals surface area contributed by atoms with E-state index in [-0.39, 0.29) is 9.63 Å². The van der Waals surface area contributed by atoms with Gasteiger partial charge in [0.1, 0.15) is 0 Å². The van der Waals surface area contributed by atoms with Crippen molar-refractivity contribution < 1.29 is 8.42 Å².